The lowest BCUT2D eigenvalue weighted by Crippen LogP contribution is -2.33. The predicted molar refractivity (Wildman–Crippen MR) is 81.3 cm³/mol. The molecule has 1 unspecified atom stereocenters. The Balaban J connectivity index is 1.82. The summed E-state index contributed by atoms with van der Waals surface area (Å²) in [6.45, 7) is 5.82. The minimum Gasteiger partial charge on any atom is -0.354 e. The Bertz CT molecular complexity index is 704. The number of alkyl halides is 3. The maximum absolute atomic E-state index is 12.6. The lowest BCUT2D eigenvalue weighted by atomic mass is 10.3. The molecule has 0 radical (unpaired) electrons. The van der Waals surface area contributed by atoms with Crippen LogP contribution in [-0.2, 0) is 17.5 Å². The highest BCUT2D eigenvalue weighted by molar-refractivity contribution is 5.79. The van der Waals surface area contributed by atoms with E-state index in [1.165, 1.54) is 4.68 Å². The van der Waals surface area contributed by atoms with Crippen LogP contribution in [0.2, 0.25) is 0 Å². The van der Waals surface area contributed by atoms with Gasteiger partial charge >= 0.3 is 6.18 Å². The Kier molecular flexibility index (Phi) is 5.30. The van der Waals surface area contributed by atoms with Gasteiger partial charge in [-0.25, -0.2) is 0 Å². The van der Waals surface area contributed by atoms with Gasteiger partial charge in [0.15, 0.2) is 5.69 Å². The third kappa shape index (κ3) is 4.15. The summed E-state index contributed by atoms with van der Waals surface area (Å²) in [5.74, 6) is -0.185. The van der Waals surface area contributed by atoms with Crippen LogP contribution in [0.5, 0.6) is 0 Å². The highest BCUT2D eigenvalue weighted by Gasteiger charge is 2.34. The second-order valence-electron chi connectivity index (χ2n) is 5.63. The number of hydrogen-bond donors (Lipinski definition) is 1. The van der Waals surface area contributed by atoms with Crippen LogP contribution in [0.15, 0.2) is 18.3 Å². The fourth-order valence-corrected chi connectivity index (χ4v) is 2.36. The van der Waals surface area contributed by atoms with Crippen molar-refractivity contribution in [1.29, 1.82) is 0 Å². The molecule has 0 saturated heterocycles. The van der Waals surface area contributed by atoms with Crippen LogP contribution in [0.3, 0.4) is 0 Å². The van der Waals surface area contributed by atoms with E-state index in [4.69, 9.17) is 0 Å². The average Bonchev–Trinajstić information content (AvgIpc) is 3.08. The summed E-state index contributed by atoms with van der Waals surface area (Å²) in [5, 5.41) is 10.4. The molecule has 1 atom stereocenters. The molecular formula is C15H20F3N5O. The number of nitrogens with one attached hydrogen (secondary N) is 1. The second-order valence-corrected chi connectivity index (χ2v) is 5.63. The maximum Gasteiger partial charge on any atom is 0.435 e. The standard InChI is InChI=1S/C15H20F3N5O/c1-10-5-7-20-23(10)12(3)14(24)19-6-4-8-22-11(2)9-13(21-22)15(16,17)18/h5,7,9,12H,4,6,8H2,1-3H3,(H,19,24). The van der Waals surface area contributed by atoms with Crippen molar-refractivity contribution in [1.82, 2.24) is 24.9 Å². The zero-order valence-electron chi connectivity index (χ0n) is 13.8. The van der Waals surface area contributed by atoms with E-state index in [1.54, 1.807) is 24.7 Å². The van der Waals surface area contributed by atoms with Gasteiger partial charge in [-0.15, -0.1) is 0 Å². The van der Waals surface area contributed by atoms with Gasteiger partial charge in [0.05, 0.1) is 0 Å². The van der Waals surface area contributed by atoms with Crippen molar-refractivity contribution >= 4 is 5.91 Å². The van der Waals surface area contributed by atoms with E-state index in [0.717, 1.165) is 11.8 Å². The molecule has 2 aromatic heterocycles. The van der Waals surface area contributed by atoms with Crippen LogP contribution in [0.4, 0.5) is 13.2 Å². The number of aromatic nitrogens is 4. The quantitative estimate of drug-likeness (QED) is 0.820. The van der Waals surface area contributed by atoms with E-state index in [1.807, 2.05) is 13.0 Å². The molecule has 0 saturated carbocycles. The number of rotatable bonds is 6. The van der Waals surface area contributed by atoms with Crippen molar-refractivity contribution in [3.05, 3.63) is 35.4 Å². The summed E-state index contributed by atoms with van der Waals surface area (Å²) in [6.07, 6.45) is -2.34. The van der Waals surface area contributed by atoms with Crippen molar-refractivity contribution in [2.24, 2.45) is 0 Å². The number of hydrogen-bond acceptors (Lipinski definition) is 3. The molecule has 0 aliphatic heterocycles. The van der Waals surface area contributed by atoms with Crippen molar-refractivity contribution in [2.45, 2.75) is 46.0 Å². The molecule has 1 amide bonds. The topological polar surface area (TPSA) is 64.7 Å². The van der Waals surface area contributed by atoms with Crippen LogP contribution >= 0.6 is 0 Å². The van der Waals surface area contributed by atoms with Gasteiger partial charge in [-0.05, 0) is 39.3 Å². The van der Waals surface area contributed by atoms with Gasteiger partial charge in [0.25, 0.3) is 0 Å². The lowest BCUT2D eigenvalue weighted by molar-refractivity contribution is -0.141. The monoisotopic (exact) mass is 343 g/mol. The molecule has 24 heavy (non-hydrogen) atoms. The van der Waals surface area contributed by atoms with Crippen LogP contribution < -0.4 is 5.32 Å². The van der Waals surface area contributed by atoms with Crippen molar-refractivity contribution < 1.29 is 18.0 Å². The smallest absolute Gasteiger partial charge is 0.354 e. The van der Waals surface area contributed by atoms with Crippen molar-refractivity contribution in [2.75, 3.05) is 6.54 Å². The number of aryl methyl sites for hydroxylation is 3. The van der Waals surface area contributed by atoms with Gasteiger partial charge in [-0.2, -0.15) is 23.4 Å². The van der Waals surface area contributed by atoms with Gasteiger partial charge in [-0.1, -0.05) is 0 Å². The van der Waals surface area contributed by atoms with Crippen LogP contribution in [0.1, 0.15) is 36.5 Å². The van der Waals surface area contributed by atoms with E-state index in [-0.39, 0.29) is 5.91 Å². The van der Waals surface area contributed by atoms with E-state index in [2.05, 4.69) is 15.5 Å². The number of amides is 1. The van der Waals surface area contributed by atoms with Gasteiger partial charge in [0.2, 0.25) is 5.91 Å². The Morgan fingerprint density at radius 3 is 2.58 bits per heavy atom. The Morgan fingerprint density at radius 1 is 1.33 bits per heavy atom. The van der Waals surface area contributed by atoms with Crippen LogP contribution in [0.25, 0.3) is 0 Å². The zero-order valence-corrected chi connectivity index (χ0v) is 13.8. The first-order valence-corrected chi connectivity index (χ1v) is 7.59. The van der Waals surface area contributed by atoms with Gasteiger partial charge < -0.3 is 5.32 Å². The fraction of sp³-hybridized carbons (Fsp3) is 0.533. The minimum absolute atomic E-state index is 0.185. The van der Waals surface area contributed by atoms with Gasteiger partial charge in [-0.3, -0.25) is 14.2 Å². The molecule has 0 spiro atoms. The molecule has 0 fully saturated rings. The van der Waals surface area contributed by atoms with Crippen molar-refractivity contribution in [3.63, 3.8) is 0 Å². The molecule has 1 N–H and O–H groups in total. The number of carbonyl (C=O) groups is 1. The summed E-state index contributed by atoms with van der Waals surface area (Å²) in [6, 6.07) is 2.38. The van der Waals surface area contributed by atoms with Crippen LogP contribution in [-0.4, -0.2) is 32.0 Å². The third-order valence-corrected chi connectivity index (χ3v) is 3.73. The molecule has 9 heteroatoms. The normalized spacial score (nSPS) is 13.1. The molecular weight excluding hydrogens is 323 g/mol. The molecule has 0 aliphatic carbocycles. The largest absolute Gasteiger partial charge is 0.435 e. The molecule has 2 rings (SSSR count). The second kappa shape index (κ2) is 7.06. The Morgan fingerprint density at radius 2 is 2.04 bits per heavy atom. The van der Waals surface area contributed by atoms with Crippen molar-refractivity contribution in [3.8, 4) is 0 Å². The SMILES string of the molecule is Cc1cc(C(F)(F)F)nn1CCCNC(=O)C(C)n1nccc1C. The highest BCUT2D eigenvalue weighted by Crippen LogP contribution is 2.28. The van der Waals surface area contributed by atoms with E-state index in [9.17, 15) is 18.0 Å². The summed E-state index contributed by atoms with van der Waals surface area (Å²) in [5.41, 5.74) is 0.422. The maximum atomic E-state index is 12.6. The van der Waals surface area contributed by atoms with Gasteiger partial charge in [0.1, 0.15) is 6.04 Å². The summed E-state index contributed by atoms with van der Waals surface area (Å²) in [4.78, 5) is 12.1. The molecule has 132 valence electrons. The molecule has 0 aromatic carbocycles. The summed E-state index contributed by atoms with van der Waals surface area (Å²) < 4.78 is 40.7. The Labute approximate surface area is 137 Å². The molecule has 0 aliphatic rings. The Hall–Kier alpha value is -2.32. The van der Waals surface area contributed by atoms with E-state index >= 15 is 0 Å². The molecule has 0 bridgehead atoms. The molecule has 2 heterocycles. The number of carbonyl (C=O) groups excluding carboxylic acids is 1. The third-order valence-electron chi connectivity index (χ3n) is 3.73. The summed E-state index contributed by atoms with van der Waals surface area (Å²) in [7, 11) is 0. The van der Waals surface area contributed by atoms with E-state index in [0.29, 0.717) is 25.2 Å². The average molecular weight is 343 g/mol. The molecule has 6 nitrogen and oxygen atoms in total. The van der Waals surface area contributed by atoms with E-state index < -0.39 is 17.9 Å². The first kappa shape index (κ1) is 18.0. The minimum atomic E-state index is -4.44. The van der Waals surface area contributed by atoms with Crippen LogP contribution in [0, 0.1) is 13.8 Å². The first-order chi connectivity index (χ1) is 11.2. The number of halogens is 3. The highest BCUT2D eigenvalue weighted by atomic mass is 19.4. The summed E-state index contributed by atoms with van der Waals surface area (Å²) >= 11 is 0. The lowest BCUT2D eigenvalue weighted by Gasteiger charge is -2.14. The first-order valence-electron chi connectivity index (χ1n) is 7.59. The molecule has 2 aromatic rings. The zero-order chi connectivity index (χ0) is 17.9. The predicted octanol–water partition coefficient (Wildman–Crippen LogP) is 2.48. The fourth-order valence-electron chi connectivity index (χ4n) is 2.36. The number of nitrogens with zero attached hydrogens (tertiary/aromatic N) is 4. The van der Waals surface area contributed by atoms with Gasteiger partial charge in [0, 0.05) is 30.7 Å².